The lowest BCUT2D eigenvalue weighted by Crippen LogP contribution is -2.45. The fourth-order valence-electron chi connectivity index (χ4n) is 3.38. The Morgan fingerprint density at radius 3 is 2.72 bits per heavy atom. The maximum Gasteiger partial charge on any atom is 0.315 e. The van der Waals surface area contributed by atoms with Crippen LogP contribution < -0.4 is 10.6 Å². The molecule has 0 saturated heterocycles. The molecule has 1 aromatic carbocycles. The molecule has 2 unspecified atom stereocenters. The van der Waals surface area contributed by atoms with Crippen LogP contribution in [0.4, 0.5) is 4.79 Å². The Balaban J connectivity index is 1.50. The lowest BCUT2D eigenvalue weighted by Gasteiger charge is -2.24. The van der Waals surface area contributed by atoms with Crippen LogP contribution in [0.1, 0.15) is 37.7 Å². The zero-order chi connectivity index (χ0) is 17.5. The quantitative estimate of drug-likeness (QED) is 0.731. The van der Waals surface area contributed by atoms with Crippen molar-refractivity contribution in [3.63, 3.8) is 0 Å². The van der Waals surface area contributed by atoms with Gasteiger partial charge in [0, 0.05) is 37.5 Å². The minimum absolute atomic E-state index is 0.0645. The highest BCUT2D eigenvalue weighted by Gasteiger charge is 2.24. The van der Waals surface area contributed by atoms with Crippen molar-refractivity contribution in [3.05, 3.63) is 48.3 Å². The average molecular weight is 342 g/mol. The van der Waals surface area contributed by atoms with E-state index in [1.807, 2.05) is 36.5 Å². The number of hydrogen-bond acceptors (Lipinski definition) is 3. The number of aliphatic hydroxyl groups is 1. The molecular formula is C19H26N4O2. The Labute approximate surface area is 148 Å². The van der Waals surface area contributed by atoms with Crippen molar-refractivity contribution < 1.29 is 9.90 Å². The molecule has 1 fully saturated rings. The summed E-state index contributed by atoms with van der Waals surface area (Å²) in [6.07, 6.45) is 8.98. The average Bonchev–Trinajstić information content (AvgIpc) is 3.08. The highest BCUT2D eigenvalue weighted by Crippen LogP contribution is 2.23. The van der Waals surface area contributed by atoms with Crippen molar-refractivity contribution >= 4 is 6.03 Å². The van der Waals surface area contributed by atoms with Gasteiger partial charge < -0.3 is 15.7 Å². The molecule has 0 spiro atoms. The molecule has 0 radical (unpaired) electrons. The number of amides is 2. The van der Waals surface area contributed by atoms with E-state index >= 15 is 0 Å². The predicted octanol–water partition coefficient (Wildman–Crippen LogP) is 2.61. The van der Waals surface area contributed by atoms with Gasteiger partial charge in [-0.2, -0.15) is 5.10 Å². The molecule has 6 heteroatoms. The molecule has 3 N–H and O–H groups in total. The summed E-state index contributed by atoms with van der Waals surface area (Å²) in [5.74, 6) is 0.168. The van der Waals surface area contributed by atoms with Crippen LogP contribution in [0.2, 0.25) is 0 Å². The summed E-state index contributed by atoms with van der Waals surface area (Å²) >= 11 is 0. The van der Waals surface area contributed by atoms with Crippen LogP contribution in [-0.2, 0) is 6.54 Å². The van der Waals surface area contributed by atoms with E-state index in [-0.39, 0.29) is 24.6 Å². The summed E-state index contributed by atoms with van der Waals surface area (Å²) in [6.45, 7) is 0.613. The Morgan fingerprint density at radius 2 is 2.00 bits per heavy atom. The number of rotatable bonds is 5. The van der Waals surface area contributed by atoms with Gasteiger partial charge in [0.2, 0.25) is 0 Å². The van der Waals surface area contributed by atoms with Crippen molar-refractivity contribution in [1.82, 2.24) is 20.4 Å². The molecule has 0 aliphatic heterocycles. The zero-order valence-corrected chi connectivity index (χ0v) is 14.4. The van der Waals surface area contributed by atoms with E-state index in [1.165, 1.54) is 6.42 Å². The molecule has 0 bridgehead atoms. The van der Waals surface area contributed by atoms with Crippen molar-refractivity contribution in [3.8, 4) is 5.69 Å². The maximum absolute atomic E-state index is 12.2. The number of nitrogens with zero attached hydrogens (tertiary/aromatic N) is 2. The fraction of sp³-hybridized carbons (Fsp3) is 0.474. The van der Waals surface area contributed by atoms with E-state index < -0.39 is 0 Å². The number of aliphatic hydroxyl groups excluding tert-OH is 1. The largest absolute Gasteiger partial charge is 0.396 e. The van der Waals surface area contributed by atoms with Gasteiger partial charge in [-0.05, 0) is 36.6 Å². The molecule has 1 saturated carbocycles. The summed E-state index contributed by atoms with van der Waals surface area (Å²) in [5, 5.41) is 19.7. The fourth-order valence-corrected chi connectivity index (χ4v) is 3.38. The molecule has 2 amide bonds. The van der Waals surface area contributed by atoms with E-state index in [4.69, 9.17) is 0 Å². The van der Waals surface area contributed by atoms with Crippen LogP contribution >= 0.6 is 0 Å². The summed E-state index contributed by atoms with van der Waals surface area (Å²) in [6, 6.07) is 9.71. The van der Waals surface area contributed by atoms with Gasteiger partial charge in [0.15, 0.2) is 0 Å². The first-order valence-corrected chi connectivity index (χ1v) is 9.00. The lowest BCUT2D eigenvalue weighted by molar-refractivity contribution is 0.179. The van der Waals surface area contributed by atoms with Gasteiger partial charge in [-0.15, -0.1) is 0 Å². The molecule has 1 heterocycles. The molecular weight excluding hydrogens is 316 g/mol. The van der Waals surface area contributed by atoms with E-state index in [0.29, 0.717) is 6.54 Å². The van der Waals surface area contributed by atoms with Crippen LogP contribution in [0, 0.1) is 5.92 Å². The van der Waals surface area contributed by atoms with Crippen LogP contribution in [0.3, 0.4) is 0 Å². The second-order valence-electron chi connectivity index (χ2n) is 6.63. The van der Waals surface area contributed by atoms with Gasteiger partial charge in [0.05, 0.1) is 5.69 Å². The molecule has 25 heavy (non-hydrogen) atoms. The Morgan fingerprint density at radius 1 is 1.20 bits per heavy atom. The highest BCUT2D eigenvalue weighted by molar-refractivity contribution is 5.74. The normalized spacial score (nSPS) is 20.7. The first-order valence-electron chi connectivity index (χ1n) is 9.00. The van der Waals surface area contributed by atoms with Crippen LogP contribution in [0.5, 0.6) is 0 Å². The summed E-state index contributed by atoms with van der Waals surface area (Å²) in [4.78, 5) is 12.2. The Kier molecular flexibility index (Phi) is 6.06. The van der Waals surface area contributed by atoms with Gasteiger partial charge in [-0.3, -0.25) is 0 Å². The molecule has 6 nitrogen and oxygen atoms in total. The minimum Gasteiger partial charge on any atom is -0.396 e. The maximum atomic E-state index is 12.2. The van der Waals surface area contributed by atoms with E-state index in [2.05, 4.69) is 15.7 Å². The summed E-state index contributed by atoms with van der Waals surface area (Å²) in [7, 11) is 0. The van der Waals surface area contributed by atoms with Crippen LogP contribution in [0.25, 0.3) is 5.69 Å². The number of hydrogen-bond donors (Lipinski definition) is 3. The second kappa shape index (κ2) is 8.67. The van der Waals surface area contributed by atoms with Crippen LogP contribution in [-0.4, -0.2) is 33.6 Å². The number of aromatic nitrogens is 2. The van der Waals surface area contributed by atoms with E-state index in [0.717, 1.165) is 36.9 Å². The van der Waals surface area contributed by atoms with E-state index in [9.17, 15) is 9.90 Å². The first kappa shape index (κ1) is 17.5. The van der Waals surface area contributed by atoms with E-state index in [1.54, 1.807) is 10.9 Å². The van der Waals surface area contributed by atoms with Gasteiger partial charge in [0.25, 0.3) is 0 Å². The summed E-state index contributed by atoms with van der Waals surface area (Å²) in [5.41, 5.74) is 2.02. The van der Waals surface area contributed by atoms with Gasteiger partial charge in [0.1, 0.15) is 0 Å². The number of urea groups is 1. The molecule has 2 aromatic rings. The predicted molar refractivity (Wildman–Crippen MR) is 96.4 cm³/mol. The Hall–Kier alpha value is -2.34. The zero-order valence-electron chi connectivity index (χ0n) is 14.4. The number of carbonyl (C=O) groups is 1. The third kappa shape index (κ3) is 4.82. The minimum atomic E-state index is -0.165. The molecule has 134 valence electrons. The van der Waals surface area contributed by atoms with Crippen LogP contribution in [0.15, 0.2) is 42.7 Å². The van der Waals surface area contributed by atoms with Gasteiger partial charge in [-0.1, -0.05) is 31.4 Å². The molecule has 1 aromatic heterocycles. The standard InChI is InChI=1S/C19H26N4O2/c24-14-16-5-2-1-3-6-18(16)22-19(25)20-13-15-7-9-17(10-8-15)23-12-4-11-21-23/h4,7-12,16,18,24H,1-3,5-6,13-14H2,(H2,20,22,25). The van der Waals surface area contributed by atoms with Gasteiger partial charge in [-0.25, -0.2) is 9.48 Å². The third-order valence-electron chi connectivity index (χ3n) is 4.87. The van der Waals surface area contributed by atoms with Crippen molar-refractivity contribution in [2.24, 2.45) is 5.92 Å². The summed E-state index contributed by atoms with van der Waals surface area (Å²) < 4.78 is 1.80. The molecule has 2 atom stereocenters. The monoisotopic (exact) mass is 342 g/mol. The number of nitrogens with one attached hydrogen (secondary N) is 2. The smallest absolute Gasteiger partial charge is 0.315 e. The van der Waals surface area contributed by atoms with Crippen molar-refractivity contribution in [1.29, 1.82) is 0 Å². The Bertz CT molecular complexity index is 655. The second-order valence-corrected chi connectivity index (χ2v) is 6.63. The SMILES string of the molecule is O=C(NCc1ccc(-n2cccn2)cc1)NC1CCCCCC1CO. The molecule has 1 aliphatic rings. The highest BCUT2D eigenvalue weighted by atomic mass is 16.3. The molecule has 1 aliphatic carbocycles. The third-order valence-corrected chi connectivity index (χ3v) is 4.87. The lowest BCUT2D eigenvalue weighted by atomic mass is 9.96. The topological polar surface area (TPSA) is 79.2 Å². The number of carbonyl (C=O) groups excluding carboxylic acids is 1. The van der Waals surface area contributed by atoms with Crippen molar-refractivity contribution in [2.75, 3.05) is 6.61 Å². The molecule has 3 rings (SSSR count). The van der Waals surface area contributed by atoms with Gasteiger partial charge >= 0.3 is 6.03 Å². The first-order chi connectivity index (χ1) is 12.3. The number of benzene rings is 1. The van der Waals surface area contributed by atoms with Crippen molar-refractivity contribution in [2.45, 2.75) is 44.7 Å².